The minimum Gasteiger partial charge on any atom is -0.372 e. The van der Waals surface area contributed by atoms with Gasteiger partial charge in [-0.15, -0.1) is 0 Å². The number of alkyl halides is 3. The maximum absolute atomic E-state index is 12.2. The Morgan fingerprint density at radius 3 is 2.52 bits per heavy atom. The minimum absolute atomic E-state index is 0.0380. The summed E-state index contributed by atoms with van der Waals surface area (Å²) in [5, 5.41) is 2.67. The van der Waals surface area contributed by atoms with Crippen LogP contribution in [0.5, 0.6) is 0 Å². The van der Waals surface area contributed by atoms with Crippen LogP contribution in [-0.2, 0) is 14.3 Å². The van der Waals surface area contributed by atoms with Gasteiger partial charge >= 0.3 is 6.18 Å². The minimum atomic E-state index is -4.28. The van der Waals surface area contributed by atoms with Gasteiger partial charge in [-0.25, -0.2) is 0 Å². The van der Waals surface area contributed by atoms with Gasteiger partial charge in [0, 0.05) is 45.8 Å². The van der Waals surface area contributed by atoms with Crippen LogP contribution in [0.15, 0.2) is 0 Å². The first kappa shape index (κ1) is 18.0. The van der Waals surface area contributed by atoms with Crippen LogP contribution < -0.4 is 5.32 Å². The van der Waals surface area contributed by atoms with E-state index in [0.29, 0.717) is 52.0 Å². The molecule has 0 aliphatic carbocycles. The van der Waals surface area contributed by atoms with Crippen molar-refractivity contribution >= 4 is 11.8 Å². The zero-order valence-corrected chi connectivity index (χ0v) is 12.9. The van der Waals surface area contributed by atoms with Crippen molar-refractivity contribution in [1.29, 1.82) is 0 Å². The highest BCUT2D eigenvalue weighted by Crippen LogP contribution is 2.15. The van der Waals surface area contributed by atoms with Crippen molar-refractivity contribution in [3.05, 3.63) is 0 Å². The van der Waals surface area contributed by atoms with Gasteiger partial charge in [0.2, 0.25) is 11.8 Å². The van der Waals surface area contributed by atoms with Crippen LogP contribution in [0.25, 0.3) is 0 Å². The summed E-state index contributed by atoms with van der Waals surface area (Å²) in [6.45, 7) is 2.05. The van der Waals surface area contributed by atoms with E-state index in [1.54, 1.807) is 4.90 Å². The van der Waals surface area contributed by atoms with E-state index in [0.717, 1.165) is 0 Å². The normalized spacial score (nSPS) is 23.2. The zero-order valence-electron chi connectivity index (χ0n) is 12.9. The number of carbonyl (C=O) groups is 2. The molecular formula is C14H22F3N3O3. The molecule has 0 radical (unpaired) electrons. The number of hydrogen-bond acceptors (Lipinski definition) is 4. The summed E-state index contributed by atoms with van der Waals surface area (Å²) in [4.78, 5) is 27.2. The van der Waals surface area contributed by atoms with E-state index in [1.165, 1.54) is 0 Å². The molecule has 1 atom stereocenters. The van der Waals surface area contributed by atoms with Gasteiger partial charge in [0.25, 0.3) is 0 Å². The molecule has 0 saturated carbocycles. The van der Waals surface area contributed by atoms with Crippen LogP contribution in [0, 0.1) is 0 Å². The molecule has 0 aromatic carbocycles. The SMILES string of the molecule is O=C1CC[C@@H](C(=O)N2CCN(CCCOCC(F)(F)F)CC2)N1. The number of nitrogens with one attached hydrogen (secondary N) is 1. The number of carbonyl (C=O) groups excluding carboxylic acids is 2. The Bertz CT molecular complexity index is 423. The van der Waals surface area contributed by atoms with Gasteiger partial charge in [-0.1, -0.05) is 0 Å². The molecule has 9 heteroatoms. The van der Waals surface area contributed by atoms with E-state index in [2.05, 4.69) is 15.0 Å². The first-order chi connectivity index (χ1) is 10.8. The molecule has 2 saturated heterocycles. The fourth-order valence-electron chi connectivity index (χ4n) is 2.79. The molecule has 2 rings (SSSR count). The standard InChI is InChI=1S/C14H22F3N3O3/c15-14(16,17)10-23-9-1-4-19-5-7-20(8-6-19)13(22)11-2-3-12(21)18-11/h11H,1-10H2,(H,18,21)/t11-/m0/s1. The highest BCUT2D eigenvalue weighted by atomic mass is 19.4. The Labute approximate surface area is 132 Å². The summed E-state index contributed by atoms with van der Waals surface area (Å²) in [5.74, 6) is -0.121. The number of rotatable bonds is 6. The number of hydrogen-bond donors (Lipinski definition) is 1. The summed E-state index contributed by atoms with van der Waals surface area (Å²) in [7, 11) is 0. The molecule has 2 fully saturated rings. The number of amides is 2. The molecule has 6 nitrogen and oxygen atoms in total. The van der Waals surface area contributed by atoms with Crippen molar-refractivity contribution in [3.63, 3.8) is 0 Å². The third kappa shape index (κ3) is 5.98. The van der Waals surface area contributed by atoms with E-state index in [1.807, 2.05) is 0 Å². The van der Waals surface area contributed by atoms with Gasteiger partial charge in [-0.2, -0.15) is 13.2 Å². The molecule has 0 bridgehead atoms. The van der Waals surface area contributed by atoms with E-state index >= 15 is 0 Å². The molecule has 2 aliphatic rings. The molecular weight excluding hydrogens is 315 g/mol. The molecule has 132 valence electrons. The van der Waals surface area contributed by atoms with Crippen molar-refractivity contribution in [3.8, 4) is 0 Å². The van der Waals surface area contributed by atoms with Crippen LogP contribution in [0.1, 0.15) is 19.3 Å². The Morgan fingerprint density at radius 2 is 1.96 bits per heavy atom. The highest BCUT2D eigenvalue weighted by Gasteiger charge is 2.32. The average molecular weight is 337 g/mol. The molecule has 2 heterocycles. The van der Waals surface area contributed by atoms with Gasteiger partial charge in [0.1, 0.15) is 12.6 Å². The lowest BCUT2D eigenvalue weighted by Gasteiger charge is -2.35. The van der Waals surface area contributed by atoms with Gasteiger partial charge < -0.3 is 15.0 Å². The van der Waals surface area contributed by atoms with Gasteiger partial charge in [-0.05, 0) is 12.8 Å². The van der Waals surface area contributed by atoms with Crippen molar-refractivity contribution in [2.24, 2.45) is 0 Å². The fraction of sp³-hybridized carbons (Fsp3) is 0.857. The van der Waals surface area contributed by atoms with Gasteiger partial charge in [0.05, 0.1) is 0 Å². The summed E-state index contributed by atoms with van der Waals surface area (Å²) in [5.41, 5.74) is 0. The number of halogens is 3. The molecule has 2 aliphatic heterocycles. The second-order valence-corrected chi connectivity index (χ2v) is 5.85. The summed E-state index contributed by atoms with van der Waals surface area (Å²) in [6, 6.07) is -0.398. The maximum atomic E-state index is 12.2. The maximum Gasteiger partial charge on any atom is 0.411 e. The van der Waals surface area contributed by atoms with Crippen molar-refractivity contribution in [1.82, 2.24) is 15.1 Å². The molecule has 0 aromatic heterocycles. The van der Waals surface area contributed by atoms with Crippen LogP contribution in [0.4, 0.5) is 13.2 Å². The smallest absolute Gasteiger partial charge is 0.372 e. The lowest BCUT2D eigenvalue weighted by molar-refractivity contribution is -0.174. The summed E-state index contributed by atoms with van der Waals surface area (Å²) >= 11 is 0. The topological polar surface area (TPSA) is 61.9 Å². The Hall–Kier alpha value is -1.35. The lowest BCUT2D eigenvalue weighted by Crippen LogP contribution is -2.53. The molecule has 0 spiro atoms. The largest absolute Gasteiger partial charge is 0.411 e. The predicted octanol–water partition coefficient (Wildman–Crippen LogP) is 0.378. The number of ether oxygens (including phenoxy) is 1. The zero-order chi connectivity index (χ0) is 16.9. The summed E-state index contributed by atoms with van der Waals surface area (Å²) < 4.78 is 40.3. The molecule has 1 N–H and O–H groups in total. The predicted molar refractivity (Wildman–Crippen MR) is 75.7 cm³/mol. The second kappa shape index (κ2) is 7.96. The Balaban J connectivity index is 1.59. The number of nitrogens with zero attached hydrogens (tertiary/aromatic N) is 2. The van der Waals surface area contributed by atoms with Crippen LogP contribution in [-0.4, -0.2) is 79.8 Å². The van der Waals surface area contributed by atoms with E-state index in [9.17, 15) is 22.8 Å². The fourth-order valence-corrected chi connectivity index (χ4v) is 2.79. The Morgan fingerprint density at radius 1 is 1.26 bits per heavy atom. The lowest BCUT2D eigenvalue weighted by atomic mass is 10.2. The first-order valence-corrected chi connectivity index (χ1v) is 7.80. The quantitative estimate of drug-likeness (QED) is 0.712. The van der Waals surface area contributed by atoms with E-state index < -0.39 is 18.8 Å². The van der Waals surface area contributed by atoms with Gasteiger partial charge in [-0.3, -0.25) is 14.5 Å². The monoisotopic (exact) mass is 337 g/mol. The molecule has 0 unspecified atom stereocenters. The average Bonchev–Trinajstić information content (AvgIpc) is 2.92. The van der Waals surface area contributed by atoms with Crippen LogP contribution in [0.2, 0.25) is 0 Å². The van der Waals surface area contributed by atoms with Gasteiger partial charge in [0.15, 0.2) is 0 Å². The Kier molecular flexibility index (Phi) is 6.23. The second-order valence-electron chi connectivity index (χ2n) is 5.85. The van der Waals surface area contributed by atoms with Crippen LogP contribution in [0.3, 0.4) is 0 Å². The molecule has 2 amide bonds. The highest BCUT2D eigenvalue weighted by molar-refractivity contribution is 5.90. The van der Waals surface area contributed by atoms with Crippen molar-refractivity contribution in [2.75, 3.05) is 45.9 Å². The molecule has 23 heavy (non-hydrogen) atoms. The van der Waals surface area contributed by atoms with Crippen molar-refractivity contribution < 1.29 is 27.5 Å². The number of piperazine rings is 1. The third-order valence-corrected chi connectivity index (χ3v) is 4.01. The van der Waals surface area contributed by atoms with Crippen molar-refractivity contribution in [2.45, 2.75) is 31.5 Å². The van der Waals surface area contributed by atoms with Crippen LogP contribution >= 0.6 is 0 Å². The first-order valence-electron chi connectivity index (χ1n) is 7.80. The molecule has 0 aromatic rings. The van der Waals surface area contributed by atoms with E-state index in [-0.39, 0.29) is 18.4 Å². The summed E-state index contributed by atoms with van der Waals surface area (Å²) in [6.07, 6.45) is -2.80. The third-order valence-electron chi connectivity index (χ3n) is 4.01. The van der Waals surface area contributed by atoms with E-state index in [4.69, 9.17) is 0 Å².